The van der Waals surface area contributed by atoms with Gasteiger partial charge in [-0.1, -0.05) is 46.5 Å². The molecule has 0 aliphatic rings. The molecule has 28 heavy (non-hydrogen) atoms. The number of aromatic nitrogens is 2. The molecule has 5 nitrogen and oxygen atoms in total. The number of nitrogens with zero attached hydrogens (tertiary/aromatic N) is 2. The standard InChI is InChI=1S/C23H33N3O2/c1-6-7-8-9-10-11-21-17(4)25-26(18(21)5)23(28)19-12-14-20(15-13-19)24-22(27)16(2)3/h12-16H,6-11H2,1-5H3,(H,24,27). The van der Waals surface area contributed by atoms with Crippen LogP contribution in [0.4, 0.5) is 5.69 Å². The number of carbonyl (C=O) groups is 2. The number of amides is 1. The molecule has 1 amide bonds. The summed E-state index contributed by atoms with van der Waals surface area (Å²) in [6.07, 6.45) is 7.10. The number of aryl methyl sites for hydroxylation is 1. The number of hydrogen-bond donors (Lipinski definition) is 1. The van der Waals surface area contributed by atoms with Gasteiger partial charge in [0.2, 0.25) is 5.91 Å². The summed E-state index contributed by atoms with van der Waals surface area (Å²) in [5.74, 6) is -0.267. The predicted molar refractivity (Wildman–Crippen MR) is 114 cm³/mol. The molecule has 0 bridgehead atoms. The van der Waals surface area contributed by atoms with Crippen molar-refractivity contribution in [3.05, 3.63) is 46.8 Å². The van der Waals surface area contributed by atoms with E-state index in [4.69, 9.17) is 0 Å². The number of anilines is 1. The molecular weight excluding hydrogens is 350 g/mol. The van der Waals surface area contributed by atoms with Crippen LogP contribution in [0.3, 0.4) is 0 Å². The summed E-state index contributed by atoms with van der Waals surface area (Å²) >= 11 is 0. The minimum Gasteiger partial charge on any atom is -0.326 e. The summed E-state index contributed by atoms with van der Waals surface area (Å²) in [6.45, 7) is 9.85. The van der Waals surface area contributed by atoms with Gasteiger partial charge in [0.05, 0.1) is 5.69 Å². The Labute approximate surface area is 168 Å². The van der Waals surface area contributed by atoms with Gasteiger partial charge in [0.1, 0.15) is 0 Å². The highest BCUT2D eigenvalue weighted by molar-refractivity contribution is 5.97. The van der Waals surface area contributed by atoms with Crippen molar-refractivity contribution in [2.45, 2.75) is 73.1 Å². The van der Waals surface area contributed by atoms with Gasteiger partial charge in [-0.15, -0.1) is 0 Å². The van der Waals surface area contributed by atoms with Gasteiger partial charge >= 0.3 is 0 Å². The normalized spacial score (nSPS) is 11.1. The number of hydrogen-bond acceptors (Lipinski definition) is 3. The van der Waals surface area contributed by atoms with Crippen LogP contribution in [0, 0.1) is 19.8 Å². The van der Waals surface area contributed by atoms with Gasteiger partial charge in [-0.2, -0.15) is 5.10 Å². The second-order valence-corrected chi connectivity index (χ2v) is 7.75. The summed E-state index contributed by atoms with van der Waals surface area (Å²) in [7, 11) is 0. The fourth-order valence-electron chi connectivity index (χ4n) is 3.24. The molecule has 2 rings (SSSR count). The average Bonchev–Trinajstić information content (AvgIpc) is 2.95. The first-order valence-corrected chi connectivity index (χ1v) is 10.4. The van der Waals surface area contributed by atoms with Gasteiger partial charge in [0.25, 0.3) is 5.91 Å². The van der Waals surface area contributed by atoms with E-state index in [0.717, 1.165) is 24.2 Å². The van der Waals surface area contributed by atoms with E-state index in [0.29, 0.717) is 11.3 Å². The van der Waals surface area contributed by atoms with E-state index < -0.39 is 0 Å². The monoisotopic (exact) mass is 383 g/mol. The third-order valence-corrected chi connectivity index (χ3v) is 5.09. The van der Waals surface area contributed by atoms with Gasteiger partial charge in [-0.25, -0.2) is 4.68 Å². The van der Waals surface area contributed by atoms with E-state index >= 15 is 0 Å². The van der Waals surface area contributed by atoms with Crippen LogP contribution in [0.25, 0.3) is 0 Å². The van der Waals surface area contributed by atoms with Crippen LogP contribution in [-0.2, 0) is 11.2 Å². The largest absolute Gasteiger partial charge is 0.326 e. The van der Waals surface area contributed by atoms with Crippen LogP contribution in [0.15, 0.2) is 24.3 Å². The summed E-state index contributed by atoms with van der Waals surface area (Å²) in [5.41, 5.74) is 4.29. The number of carbonyl (C=O) groups excluding carboxylic acids is 2. The Morgan fingerprint density at radius 1 is 1.04 bits per heavy atom. The lowest BCUT2D eigenvalue weighted by atomic mass is 10.0. The van der Waals surface area contributed by atoms with E-state index in [1.54, 1.807) is 24.3 Å². The van der Waals surface area contributed by atoms with Gasteiger partial charge in [-0.05, 0) is 56.5 Å². The zero-order valence-corrected chi connectivity index (χ0v) is 17.8. The molecule has 1 N–H and O–H groups in total. The SMILES string of the molecule is CCCCCCCc1c(C)nn(C(=O)c2ccc(NC(=O)C(C)C)cc2)c1C. The summed E-state index contributed by atoms with van der Waals surface area (Å²) in [4.78, 5) is 24.7. The van der Waals surface area contributed by atoms with E-state index in [-0.39, 0.29) is 17.7 Å². The quantitative estimate of drug-likeness (QED) is 0.598. The van der Waals surface area contributed by atoms with Gasteiger partial charge in [-0.3, -0.25) is 9.59 Å². The van der Waals surface area contributed by atoms with E-state index in [1.807, 2.05) is 27.7 Å². The van der Waals surface area contributed by atoms with E-state index in [9.17, 15) is 9.59 Å². The van der Waals surface area contributed by atoms with Crippen LogP contribution in [0.1, 0.15) is 80.2 Å². The second-order valence-electron chi connectivity index (χ2n) is 7.75. The molecule has 0 saturated carbocycles. The molecule has 0 atom stereocenters. The zero-order chi connectivity index (χ0) is 20.7. The first-order chi connectivity index (χ1) is 13.3. The van der Waals surface area contributed by atoms with Crippen molar-refractivity contribution >= 4 is 17.5 Å². The molecule has 0 saturated heterocycles. The van der Waals surface area contributed by atoms with Crippen molar-refractivity contribution in [3.8, 4) is 0 Å². The predicted octanol–water partition coefficient (Wildman–Crippen LogP) is 5.30. The summed E-state index contributed by atoms with van der Waals surface area (Å²) in [6, 6.07) is 6.99. The maximum Gasteiger partial charge on any atom is 0.278 e. The Kier molecular flexibility index (Phi) is 7.97. The second kappa shape index (κ2) is 10.2. The highest BCUT2D eigenvalue weighted by Gasteiger charge is 2.18. The fourth-order valence-corrected chi connectivity index (χ4v) is 3.24. The highest BCUT2D eigenvalue weighted by Crippen LogP contribution is 2.19. The van der Waals surface area contributed by atoms with Gasteiger partial charge in [0.15, 0.2) is 0 Å². The van der Waals surface area contributed by atoms with Crippen molar-refractivity contribution in [2.75, 3.05) is 5.32 Å². The van der Waals surface area contributed by atoms with Crippen molar-refractivity contribution < 1.29 is 9.59 Å². The first kappa shape index (κ1) is 21.9. The Morgan fingerprint density at radius 2 is 1.68 bits per heavy atom. The Morgan fingerprint density at radius 3 is 2.29 bits per heavy atom. The molecule has 0 radical (unpaired) electrons. The van der Waals surface area contributed by atoms with Crippen LogP contribution in [0.2, 0.25) is 0 Å². The molecule has 5 heteroatoms. The number of rotatable bonds is 9. The molecular formula is C23H33N3O2. The number of benzene rings is 1. The van der Waals surface area contributed by atoms with Crippen LogP contribution in [0.5, 0.6) is 0 Å². The molecule has 2 aromatic rings. The molecule has 0 aliphatic heterocycles. The van der Waals surface area contributed by atoms with Crippen molar-refractivity contribution in [3.63, 3.8) is 0 Å². The van der Waals surface area contributed by atoms with Crippen LogP contribution < -0.4 is 5.32 Å². The number of unbranched alkanes of at least 4 members (excludes halogenated alkanes) is 4. The number of nitrogens with one attached hydrogen (secondary N) is 1. The molecule has 152 valence electrons. The minimum atomic E-state index is -0.139. The highest BCUT2D eigenvalue weighted by atomic mass is 16.2. The fraction of sp³-hybridized carbons (Fsp3) is 0.522. The first-order valence-electron chi connectivity index (χ1n) is 10.4. The molecule has 1 aromatic heterocycles. The van der Waals surface area contributed by atoms with Crippen molar-refractivity contribution in [1.29, 1.82) is 0 Å². The molecule has 1 aromatic carbocycles. The Balaban J connectivity index is 2.07. The Hall–Kier alpha value is -2.43. The Bertz CT molecular complexity index is 804. The zero-order valence-electron chi connectivity index (χ0n) is 17.8. The lowest BCUT2D eigenvalue weighted by Gasteiger charge is -2.09. The molecule has 0 aliphatic carbocycles. The summed E-state index contributed by atoms with van der Waals surface area (Å²) < 4.78 is 1.51. The summed E-state index contributed by atoms with van der Waals surface area (Å²) in [5, 5.41) is 7.33. The lowest BCUT2D eigenvalue weighted by molar-refractivity contribution is -0.118. The maximum atomic E-state index is 12.9. The molecule has 1 heterocycles. The molecule has 0 fully saturated rings. The molecule has 0 spiro atoms. The average molecular weight is 384 g/mol. The third kappa shape index (κ3) is 5.54. The van der Waals surface area contributed by atoms with Crippen LogP contribution >= 0.6 is 0 Å². The third-order valence-electron chi connectivity index (χ3n) is 5.09. The maximum absolute atomic E-state index is 12.9. The van der Waals surface area contributed by atoms with Crippen LogP contribution in [-0.4, -0.2) is 21.6 Å². The van der Waals surface area contributed by atoms with Gasteiger partial charge in [0, 0.05) is 22.9 Å². The molecule has 0 unspecified atom stereocenters. The van der Waals surface area contributed by atoms with Crippen molar-refractivity contribution in [1.82, 2.24) is 9.78 Å². The topological polar surface area (TPSA) is 64.0 Å². The minimum absolute atomic E-state index is 0.0406. The van der Waals surface area contributed by atoms with Gasteiger partial charge < -0.3 is 5.32 Å². The lowest BCUT2D eigenvalue weighted by Crippen LogP contribution is -2.18. The van der Waals surface area contributed by atoms with E-state index in [2.05, 4.69) is 17.3 Å². The van der Waals surface area contributed by atoms with Crippen molar-refractivity contribution in [2.24, 2.45) is 5.92 Å². The smallest absolute Gasteiger partial charge is 0.278 e. The van der Waals surface area contributed by atoms with E-state index in [1.165, 1.54) is 35.9 Å².